The number of amides is 1. The van der Waals surface area contributed by atoms with Gasteiger partial charge in [-0.25, -0.2) is 0 Å². The summed E-state index contributed by atoms with van der Waals surface area (Å²) in [6, 6.07) is 10.3. The van der Waals surface area contributed by atoms with Crippen LogP contribution in [0.1, 0.15) is 28.8 Å². The number of hydrogen-bond acceptors (Lipinski definition) is 3. The first kappa shape index (κ1) is 21.7. The van der Waals surface area contributed by atoms with E-state index >= 15 is 0 Å². The Kier molecular flexibility index (Phi) is 8.56. The third-order valence-corrected chi connectivity index (χ3v) is 5.68. The van der Waals surface area contributed by atoms with Crippen LogP contribution in [0, 0.1) is 6.92 Å². The lowest BCUT2D eigenvalue weighted by Crippen LogP contribution is -2.37. The maximum Gasteiger partial charge on any atom is 0.227 e. The van der Waals surface area contributed by atoms with Gasteiger partial charge in [0, 0.05) is 37.1 Å². The largest absolute Gasteiger partial charge is 0.356 e. The summed E-state index contributed by atoms with van der Waals surface area (Å²) >= 11 is 1.75. The van der Waals surface area contributed by atoms with Crippen molar-refractivity contribution < 1.29 is 4.79 Å². The van der Waals surface area contributed by atoms with E-state index in [2.05, 4.69) is 40.1 Å². The highest BCUT2D eigenvalue weighted by Crippen LogP contribution is 2.27. The second-order valence-corrected chi connectivity index (χ2v) is 7.41. The van der Waals surface area contributed by atoms with Crippen molar-refractivity contribution in [3.8, 4) is 0 Å². The first-order chi connectivity index (χ1) is 12.7. The topological polar surface area (TPSA) is 56.7 Å². The van der Waals surface area contributed by atoms with Gasteiger partial charge in [-0.1, -0.05) is 18.2 Å². The molecule has 2 heterocycles. The molecule has 0 saturated carbocycles. The standard InChI is InChI=1S/C20H26N4OS.HI/c1-15-10-13-26-18(15)14-23-20(21-2)22-11-5-8-19(25)24-12-9-16-6-3-4-7-17(16)24;/h3-4,6-7,10,13H,5,8-9,11-12,14H2,1-2H3,(H2,21,22,23);1H. The maximum absolute atomic E-state index is 12.5. The summed E-state index contributed by atoms with van der Waals surface area (Å²) < 4.78 is 0. The van der Waals surface area contributed by atoms with Crippen LogP contribution in [0.15, 0.2) is 40.7 Å². The van der Waals surface area contributed by atoms with Gasteiger partial charge in [0.15, 0.2) is 5.96 Å². The average molecular weight is 498 g/mol. The van der Waals surface area contributed by atoms with Gasteiger partial charge in [-0.2, -0.15) is 0 Å². The van der Waals surface area contributed by atoms with E-state index in [1.54, 1.807) is 18.4 Å². The summed E-state index contributed by atoms with van der Waals surface area (Å²) in [4.78, 5) is 20.0. The van der Waals surface area contributed by atoms with E-state index in [0.717, 1.165) is 44.1 Å². The van der Waals surface area contributed by atoms with Crippen molar-refractivity contribution in [1.29, 1.82) is 0 Å². The SMILES string of the molecule is CN=C(NCCCC(=O)N1CCc2ccccc21)NCc1sccc1C.I. The molecule has 5 nitrogen and oxygen atoms in total. The van der Waals surface area contributed by atoms with Crippen molar-refractivity contribution >= 4 is 52.9 Å². The summed E-state index contributed by atoms with van der Waals surface area (Å²) in [5.74, 6) is 0.977. The number of hydrogen-bond donors (Lipinski definition) is 2. The Morgan fingerprint density at radius 1 is 1.26 bits per heavy atom. The van der Waals surface area contributed by atoms with Crippen LogP contribution in [0.2, 0.25) is 0 Å². The van der Waals surface area contributed by atoms with Gasteiger partial charge in [0.25, 0.3) is 0 Å². The molecule has 0 radical (unpaired) electrons. The number of halogens is 1. The number of aryl methyl sites for hydroxylation is 1. The summed E-state index contributed by atoms with van der Waals surface area (Å²) in [7, 11) is 1.77. The molecule has 1 aliphatic heterocycles. The average Bonchev–Trinajstić information content (AvgIpc) is 3.27. The van der Waals surface area contributed by atoms with Crippen molar-refractivity contribution in [1.82, 2.24) is 10.6 Å². The van der Waals surface area contributed by atoms with Gasteiger partial charge in [-0.15, -0.1) is 35.3 Å². The van der Waals surface area contributed by atoms with E-state index in [-0.39, 0.29) is 29.9 Å². The fraction of sp³-hybridized carbons (Fsp3) is 0.400. The zero-order valence-corrected chi connectivity index (χ0v) is 19.0. The first-order valence-corrected chi connectivity index (χ1v) is 9.92. The highest BCUT2D eigenvalue weighted by atomic mass is 127. The molecule has 2 aromatic rings. The first-order valence-electron chi connectivity index (χ1n) is 9.05. The van der Waals surface area contributed by atoms with Crippen molar-refractivity contribution in [2.24, 2.45) is 4.99 Å². The van der Waals surface area contributed by atoms with Crippen LogP contribution in [0.3, 0.4) is 0 Å². The predicted molar refractivity (Wildman–Crippen MR) is 124 cm³/mol. The number of nitrogens with zero attached hydrogens (tertiary/aromatic N) is 2. The minimum Gasteiger partial charge on any atom is -0.356 e. The molecule has 1 aromatic carbocycles. The molecule has 1 amide bonds. The number of rotatable bonds is 6. The normalized spacial score (nSPS) is 13.1. The Balaban J connectivity index is 0.00000261. The summed E-state index contributed by atoms with van der Waals surface area (Å²) in [5, 5.41) is 8.71. The van der Waals surface area contributed by atoms with Crippen LogP contribution in [-0.2, 0) is 17.8 Å². The van der Waals surface area contributed by atoms with E-state index in [1.165, 1.54) is 16.0 Å². The molecular weight excluding hydrogens is 471 g/mol. The van der Waals surface area contributed by atoms with Crippen LogP contribution in [0.5, 0.6) is 0 Å². The van der Waals surface area contributed by atoms with Crippen molar-refractivity contribution in [3.05, 3.63) is 51.7 Å². The number of thiophene rings is 1. The van der Waals surface area contributed by atoms with Gasteiger partial charge in [0.05, 0.1) is 6.54 Å². The summed E-state index contributed by atoms with van der Waals surface area (Å²) in [6.45, 7) is 4.41. The van der Waals surface area contributed by atoms with E-state index in [1.807, 2.05) is 23.1 Å². The molecule has 1 aromatic heterocycles. The minimum atomic E-state index is 0. The van der Waals surface area contributed by atoms with Crippen LogP contribution in [0.25, 0.3) is 0 Å². The molecular formula is C20H27IN4OS. The van der Waals surface area contributed by atoms with Crippen molar-refractivity contribution in [3.63, 3.8) is 0 Å². The molecule has 146 valence electrons. The fourth-order valence-electron chi connectivity index (χ4n) is 3.15. The molecule has 0 fully saturated rings. The number of anilines is 1. The molecule has 1 aliphatic rings. The molecule has 2 N–H and O–H groups in total. The summed E-state index contributed by atoms with van der Waals surface area (Å²) in [5.41, 5.74) is 3.65. The number of fused-ring (bicyclic) bond motifs is 1. The van der Waals surface area contributed by atoms with Gasteiger partial charge >= 0.3 is 0 Å². The van der Waals surface area contributed by atoms with Gasteiger partial charge < -0.3 is 15.5 Å². The molecule has 0 unspecified atom stereocenters. The second kappa shape index (κ2) is 10.7. The lowest BCUT2D eigenvalue weighted by Gasteiger charge is -2.17. The number of carbonyl (C=O) groups excluding carboxylic acids is 1. The number of guanidine groups is 1. The number of nitrogens with one attached hydrogen (secondary N) is 2. The number of carbonyl (C=O) groups is 1. The highest BCUT2D eigenvalue weighted by Gasteiger charge is 2.23. The Hall–Kier alpha value is -1.61. The third-order valence-electron chi connectivity index (χ3n) is 4.66. The Labute approximate surface area is 182 Å². The third kappa shape index (κ3) is 5.68. The maximum atomic E-state index is 12.5. The fourth-order valence-corrected chi connectivity index (χ4v) is 3.99. The van der Waals surface area contributed by atoms with Crippen LogP contribution >= 0.6 is 35.3 Å². The molecule has 7 heteroatoms. The molecule has 0 aliphatic carbocycles. The lowest BCUT2D eigenvalue weighted by atomic mass is 10.2. The summed E-state index contributed by atoms with van der Waals surface area (Å²) in [6.07, 6.45) is 2.29. The van der Waals surface area contributed by atoms with Gasteiger partial charge in [0.2, 0.25) is 5.91 Å². The van der Waals surface area contributed by atoms with Crippen LogP contribution < -0.4 is 15.5 Å². The van der Waals surface area contributed by atoms with Gasteiger partial charge in [-0.3, -0.25) is 9.79 Å². The lowest BCUT2D eigenvalue weighted by molar-refractivity contribution is -0.118. The second-order valence-electron chi connectivity index (χ2n) is 6.41. The molecule has 0 saturated heterocycles. The zero-order chi connectivity index (χ0) is 18.4. The molecule has 27 heavy (non-hydrogen) atoms. The number of benzene rings is 1. The van der Waals surface area contributed by atoms with Gasteiger partial charge in [0.1, 0.15) is 0 Å². The smallest absolute Gasteiger partial charge is 0.227 e. The Morgan fingerprint density at radius 2 is 2.07 bits per heavy atom. The molecule has 3 rings (SSSR count). The number of para-hydroxylation sites is 1. The zero-order valence-electron chi connectivity index (χ0n) is 15.8. The minimum absolute atomic E-state index is 0. The Bertz CT molecular complexity index is 790. The van der Waals surface area contributed by atoms with E-state index < -0.39 is 0 Å². The van der Waals surface area contributed by atoms with Crippen LogP contribution in [0.4, 0.5) is 5.69 Å². The molecule has 0 bridgehead atoms. The Morgan fingerprint density at radius 3 is 2.81 bits per heavy atom. The van der Waals surface area contributed by atoms with Crippen molar-refractivity contribution in [2.75, 3.05) is 25.0 Å². The predicted octanol–water partition coefficient (Wildman–Crippen LogP) is 3.71. The monoisotopic (exact) mass is 498 g/mol. The molecule has 0 atom stereocenters. The van der Waals surface area contributed by atoms with Crippen LogP contribution in [-0.4, -0.2) is 32.0 Å². The van der Waals surface area contributed by atoms with E-state index in [4.69, 9.17) is 0 Å². The quantitative estimate of drug-likeness (QED) is 0.277. The molecule has 0 spiro atoms. The highest BCUT2D eigenvalue weighted by molar-refractivity contribution is 14.0. The van der Waals surface area contributed by atoms with Crippen molar-refractivity contribution in [2.45, 2.75) is 32.7 Å². The van der Waals surface area contributed by atoms with E-state index in [0.29, 0.717) is 6.42 Å². The van der Waals surface area contributed by atoms with Gasteiger partial charge in [-0.05, 0) is 48.4 Å². The van der Waals surface area contributed by atoms with E-state index in [9.17, 15) is 4.79 Å². The number of aliphatic imine (C=N–C) groups is 1.